The van der Waals surface area contributed by atoms with Gasteiger partial charge in [-0.2, -0.15) is 0 Å². The molecular weight excluding hydrogens is 392 g/mol. The highest BCUT2D eigenvalue weighted by Gasteiger charge is 2.19. The number of rotatable bonds is 7. The quantitative estimate of drug-likeness (QED) is 0.755. The Bertz CT molecular complexity index is 910. The monoisotopic (exact) mass is 410 g/mol. The van der Waals surface area contributed by atoms with E-state index in [9.17, 15) is 18.0 Å². The first kappa shape index (κ1) is 20.7. The third-order valence-corrected chi connectivity index (χ3v) is 5.38. The molecule has 0 heterocycles. The Kier molecular flexibility index (Phi) is 6.81. The Morgan fingerprint density at radius 3 is 2.19 bits per heavy atom. The van der Waals surface area contributed by atoms with Gasteiger partial charge in [0.15, 0.2) is 16.4 Å². The fourth-order valence-corrected chi connectivity index (χ4v) is 3.26. The van der Waals surface area contributed by atoms with Crippen molar-refractivity contribution in [2.45, 2.75) is 4.90 Å². The summed E-state index contributed by atoms with van der Waals surface area (Å²) in [6, 6.07) is 11.9. The van der Waals surface area contributed by atoms with E-state index in [1.165, 1.54) is 29.2 Å². The Labute approximate surface area is 162 Å². The van der Waals surface area contributed by atoms with Crippen molar-refractivity contribution in [3.05, 3.63) is 53.6 Å². The number of halogens is 1. The summed E-state index contributed by atoms with van der Waals surface area (Å²) in [6.07, 6.45) is 0. The van der Waals surface area contributed by atoms with Gasteiger partial charge in [-0.05, 0) is 48.5 Å². The smallest absolute Gasteiger partial charge is 0.259 e. The van der Waals surface area contributed by atoms with E-state index in [1.807, 2.05) is 0 Å². The van der Waals surface area contributed by atoms with Gasteiger partial charge in [-0.3, -0.25) is 9.59 Å². The number of carbonyl (C=O) groups excluding carboxylic acids is 2. The van der Waals surface area contributed by atoms with Gasteiger partial charge in [-0.15, -0.1) is 0 Å². The highest BCUT2D eigenvalue weighted by molar-refractivity contribution is 7.92. The SMILES string of the molecule is CN(C)C(=O)COc1ccc(NC(=O)CS(=O)(=O)c2ccc(Cl)cc2)cc1. The Morgan fingerprint density at radius 2 is 1.63 bits per heavy atom. The number of amides is 2. The van der Waals surface area contributed by atoms with Crippen LogP contribution in [-0.4, -0.2) is 51.6 Å². The highest BCUT2D eigenvalue weighted by atomic mass is 35.5. The number of nitrogens with zero attached hydrogens (tertiary/aromatic N) is 1. The number of carbonyl (C=O) groups is 2. The van der Waals surface area contributed by atoms with Crippen LogP contribution in [0.1, 0.15) is 0 Å². The van der Waals surface area contributed by atoms with Crippen LogP contribution in [0.4, 0.5) is 5.69 Å². The molecule has 27 heavy (non-hydrogen) atoms. The molecule has 0 aliphatic carbocycles. The molecule has 0 aromatic heterocycles. The number of likely N-dealkylation sites (N-methyl/N-ethyl adjacent to an activating group) is 1. The van der Waals surface area contributed by atoms with E-state index < -0.39 is 21.5 Å². The number of hydrogen-bond acceptors (Lipinski definition) is 5. The van der Waals surface area contributed by atoms with Gasteiger partial charge in [-0.25, -0.2) is 8.42 Å². The molecular formula is C18H19ClN2O5S. The number of benzene rings is 2. The topological polar surface area (TPSA) is 92.8 Å². The van der Waals surface area contributed by atoms with Crippen LogP contribution in [0.15, 0.2) is 53.4 Å². The Balaban J connectivity index is 1.93. The fraction of sp³-hybridized carbons (Fsp3) is 0.222. The van der Waals surface area contributed by atoms with Crippen molar-refractivity contribution in [3.63, 3.8) is 0 Å². The fourth-order valence-electron chi connectivity index (χ4n) is 2.00. The van der Waals surface area contributed by atoms with Gasteiger partial charge < -0.3 is 15.0 Å². The van der Waals surface area contributed by atoms with Gasteiger partial charge in [0.05, 0.1) is 4.90 Å². The lowest BCUT2D eigenvalue weighted by Gasteiger charge is -2.12. The minimum Gasteiger partial charge on any atom is -0.484 e. The summed E-state index contributed by atoms with van der Waals surface area (Å²) >= 11 is 5.74. The van der Waals surface area contributed by atoms with Crippen molar-refractivity contribution in [1.29, 1.82) is 0 Å². The first-order valence-corrected chi connectivity index (χ1v) is 9.91. The van der Waals surface area contributed by atoms with E-state index in [-0.39, 0.29) is 17.4 Å². The molecule has 0 atom stereocenters. The second kappa shape index (κ2) is 8.88. The molecule has 9 heteroatoms. The standard InChI is InChI=1S/C18H19ClN2O5S/c1-21(2)18(23)11-26-15-7-5-14(6-8-15)20-17(22)12-27(24,25)16-9-3-13(19)4-10-16/h3-10H,11-12H2,1-2H3,(H,20,22). The van der Waals surface area contributed by atoms with Gasteiger partial charge in [0, 0.05) is 24.8 Å². The second-order valence-electron chi connectivity index (χ2n) is 5.86. The van der Waals surface area contributed by atoms with Crippen LogP contribution in [0.25, 0.3) is 0 Å². The average molecular weight is 411 g/mol. The molecule has 0 fully saturated rings. The summed E-state index contributed by atoms with van der Waals surface area (Å²) in [4.78, 5) is 25.0. The van der Waals surface area contributed by atoms with E-state index >= 15 is 0 Å². The second-order valence-corrected chi connectivity index (χ2v) is 8.29. The van der Waals surface area contributed by atoms with Crippen LogP contribution >= 0.6 is 11.6 Å². The molecule has 1 N–H and O–H groups in total. The van der Waals surface area contributed by atoms with E-state index in [1.54, 1.807) is 38.4 Å². The van der Waals surface area contributed by atoms with E-state index in [0.29, 0.717) is 16.5 Å². The van der Waals surface area contributed by atoms with Crippen molar-refractivity contribution >= 4 is 38.9 Å². The summed E-state index contributed by atoms with van der Waals surface area (Å²) < 4.78 is 29.8. The zero-order valence-corrected chi connectivity index (χ0v) is 16.4. The van der Waals surface area contributed by atoms with Crippen LogP contribution in [-0.2, 0) is 19.4 Å². The van der Waals surface area contributed by atoms with Crippen LogP contribution in [0.5, 0.6) is 5.75 Å². The molecule has 144 valence electrons. The number of sulfone groups is 1. The molecule has 0 saturated carbocycles. The van der Waals surface area contributed by atoms with Crippen LogP contribution in [0, 0.1) is 0 Å². The van der Waals surface area contributed by atoms with E-state index in [2.05, 4.69) is 5.32 Å². The molecule has 0 unspecified atom stereocenters. The van der Waals surface area contributed by atoms with Gasteiger partial charge in [0.2, 0.25) is 5.91 Å². The van der Waals surface area contributed by atoms with E-state index in [0.717, 1.165) is 0 Å². The molecule has 2 aromatic rings. The summed E-state index contributed by atoms with van der Waals surface area (Å²) in [7, 11) is -0.514. The number of hydrogen-bond donors (Lipinski definition) is 1. The molecule has 0 saturated heterocycles. The summed E-state index contributed by atoms with van der Waals surface area (Å²) in [5.41, 5.74) is 0.414. The Hall–Kier alpha value is -2.58. The highest BCUT2D eigenvalue weighted by Crippen LogP contribution is 2.18. The average Bonchev–Trinajstić information content (AvgIpc) is 2.60. The third kappa shape index (κ3) is 6.26. The van der Waals surface area contributed by atoms with Gasteiger partial charge >= 0.3 is 0 Å². The first-order chi connectivity index (χ1) is 12.7. The molecule has 2 rings (SSSR count). The third-order valence-electron chi connectivity index (χ3n) is 3.49. The van der Waals surface area contributed by atoms with Crippen molar-refractivity contribution in [1.82, 2.24) is 4.90 Å². The molecule has 0 radical (unpaired) electrons. The normalized spacial score (nSPS) is 10.9. The van der Waals surface area contributed by atoms with Gasteiger partial charge in [0.25, 0.3) is 5.91 Å². The van der Waals surface area contributed by atoms with Crippen molar-refractivity contribution in [3.8, 4) is 5.75 Å². The summed E-state index contributed by atoms with van der Waals surface area (Å²) in [5, 5.41) is 2.92. The minimum atomic E-state index is -3.77. The molecule has 0 aliphatic rings. The van der Waals surface area contributed by atoms with E-state index in [4.69, 9.17) is 16.3 Å². The summed E-state index contributed by atoms with van der Waals surface area (Å²) in [6.45, 7) is -0.0992. The Morgan fingerprint density at radius 1 is 1.04 bits per heavy atom. The lowest BCUT2D eigenvalue weighted by atomic mass is 10.3. The van der Waals surface area contributed by atoms with Crippen LogP contribution < -0.4 is 10.1 Å². The first-order valence-electron chi connectivity index (χ1n) is 7.88. The molecule has 0 spiro atoms. The van der Waals surface area contributed by atoms with Crippen LogP contribution in [0.2, 0.25) is 5.02 Å². The maximum atomic E-state index is 12.2. The molecule has 0 aliphatic heterocycles. The van der Waals surface area contributed by atoms with Gasteiger partial charge in [-0.1, -0.05) is 11.6 Å². The molecule has 0 bridgehead atoms. The van der Waals surface area contributed by atoms with Crippen molar-refractivity contribution < 1.29 is 22.7 Å². The summed E-state index contributed by atoms with van der Waals surface area (Å²) in [5.74, 6) is -1.08. The maximum Gasteiger partial charge on any atom is 0.259 e. The number of anilines is 1. The zero-order chi connectivity index (χ0) is 20.0. The predicted octanol–water partition coefficient (Wildman–Crippen LogP) is 2.22. The van der Waals surface area contributed by atoms with Gasteiger partial charge in [0.1, 0.15) is 11.5 Å². The maximum absolute atomic E-state index is 12.2. The molecule has 2 amide bonds. The van der Waals surface area contributed by atoms with Crippen molar-refractivity contribution in [2.75, 3.05) is 31.8 Å². The van der Waals surface area contributed by atoms with Crippen molar-refractivity contribution in [2.24, 2.45) is 0 Å². The minimum absolute atomic E-state index is 0.0244. The largest absolute Gasteiger partial charge is 0.484 e. The number of nitrogens with one attached hydrogen (secondary N) is 1. The lowest BCUT2D eigenvalue weighted by Crippen LogP contribution is -2.27. The lowest BCUT2D eigenvalue weighted by molar-refractivity contribution is -0.130. The predicted molar refractivity (Wildman–Crippen MR) is 103 cm³/mol. The molecule has 2 aromatic carbocycles. The van der Waals surface area contributed by atoms with Crippen LogP contribution in [0.3, 0.4) is 0 Å². The molecule has 7 nitrogen and oxygen atoms in total. The zero-order valence-electron chi connectivity index (χ0n) is 14.8. The number of ether oxygens (including phenoxy) is 1.